The van der Waals surface area contributed by atoms with Gasteiger partial charge >= 0.3 is 0 Å². The van der Waals surface area contributed by atoms with Crippen molar-refractivity contribution in [3.05, 3.63) is 24.3 Å². The van der Waals surface area contributed by atoms with E-state index in [9.17, 15) is 4.79 Å². The van der Waals surface area contributed by atoms with Gasteiger partial charge in [-0.1, -0.05) is 6.42 Å². The minimum absolute atomic E-state index is 0.194. The molecule has 0 unspecified atom stereocenters. The predicted molar refractivity (Wildman–Crippen MR) is 84.8 cm³/mol. The maximum Gasteiger partial charge on any atom is 0.223 e. The number of aryl methyl sites for hydroxylation is 1. The molecule has 0 N–H and O–H groups in total. The molecule has 1 amide bonds. The van der Waals surface area contributed by atoms with Crippen LogP contribution < -0.4 is 0 Å². The van der Waals surface area contributed by atoms with Crippen LogP contribution in [0.3, 0.4) is 0 Å². The fourth-order valence-corrected chi connectivity index (χ4v) is 3.84. The molecule has 2 fully saturated rings. The molecule has 1 saturated heterocycles. The number of ether oxygens (including phenoxy) is 2. The Bertz CT molecular complexity index is 525. The number of morpholine rings is 1. The molecule has 1 aromatic rings. The van der Waals surface area contributed by atoms with Crippen LogP contribution in [0.1, 0.15) is 31.2 Å². The van der Waals surface area contributed by atoms with Gasteiger partial charge in [-0.15, -0.1) is 0 Å². The molecular weight excluding hydrogens is 294 g/mol. The van der Waals surface area contributed by atoms with E-state index in [1.165, 1.54) is 6.33 Å². The SMILES string of the molecule is COC[C@@H]1CCC[C@@]12CN(C(=O)CCc1cncnc1)CCO2. The molecule has 2 atom stereocenters. The summed E-state index contributed by atoms with van der Waals surface area (Å²) in [7, 11) is 1.74. The highest BCUT2D eigenvalue weighted by molar-refractivity contribution is 5.76. The summed E-state index contributed by atoms with van der Waals surface area (Å²) >= 11 is 0. The van der Waals surface area contributed by atoms with E-state index in [1.54, 1.807) is 19.5 Å². The molecule has 23 heavy (non-hydrogen) atoms. The Morgan fingerprint density at radius 3 is 3.09 bits per heavy atom. The van der Waals surface area contributed by atoms with Crippen LogP contribution in [0.25, 0.3) is 0 Å². The normalized spacial score (nSPS) is 27.5. The topological polar surface area (TPSA) is 64.5 Å². The van der Waals surface area contributed by atoms with Crippen molar-refractivity contribution in [3.8, 4) is 0 Å². The summed E-state index contributed by atoms with van der Waals surface area (Å²) in [6.07, 6.45) is 9.53. The first-order valence-corrected chi connectivity index (χ1v) is 8.38. The highest BCUT2D eigenvalue weighted by Crippen LogP contribution is 2.41. The zero-order valence-electron chi connectivity index (χ0n) is 13.7. The van der Waals surface area contributed by atoms with Gasteiger partial charge in [0.2, 0.25) is 5.91 Å². The fourth-order valence-electron chi connectivity index (χ4n) is 3.84. The Morgan fingerprint density at radius 1 is 1.48 bits per heavy atom. The second-order valence-electron chi connectivity index (χ2n) is 6.52. The maximum atomic E-state index is 12.6. The average Bonchev–Trinajstić information content (AvgIpc) is 2.96. The third-order valence-electron chi connectivity index (χ3n) is 5.07. The van der Waals surface area contributed by atoms with Crippen molar-refractivity contribution in [2.45, 2.75) is 37.7 Å². The first-order valence-electron chi connectivity index (χ1n) is 8.38. The highest BCUT2D eigenvalue weighted by atomic mass is 16.5. The number of hydrogen-bond donors (Lipinski definition) is 0. The van der Waals surface area contributed by atoms with Gasteiger partial charge in [0.25, 0.3) is 0 Å². The van der Waals surface area contributed by atoms with Gasteiger partial charge in [0.05, 0.1) is 25.4 Å². The quantitative estimate of drug-likeness (QED) is 0.822. The second kappa shape index (κ2) is 7.36. The van der Waals surface area contributed by atoms with Gasteiger partial charge in [-0.3, -0.25) is 4.79 Å². The summed E-state index contributed by atoms with van der Waals surface area (Å²) in [5.41, 5.74) is 0.807. The van der Waals surface area contributed by atoms with E-state index in [0.29, 0.717) is 45.1 Å². The van der Waals surface area contributed by atoms with E-state index in [0.717, 1.165) is 24.8 Å². The van der Waals surface area contributed by atoms with Gasteiger partial charge < -0.3 is 14.4 Å². The lowest BCUT2D eigenvalue weighted by atomic mass is 9.89. The van der Waals surface area contributed by atoms with E-state index < -0.39 is 0 Å². The Labute approximate surface area is 137 Å². The monoisotopic (exact) mass is 319 g/mol. The van der Waals surface area contributed by atoms with E-state index in [2.05, 4.69) is 9.97 Å². The molecule has 0 radical (unpaired) electrons. The molecular formula is C17H25N3O3. The number of carbonyl (C=O) groups is 1. The van der Waals surface area contributed by atoms with E-state index in [1.807, 2.05) is 4.90 Å². The van der Waals surface area contributed by atoms with Crippen LogP contribution in [0.2, 0.25) is 0 Å². The molecule has 1 aliphatic carbocycles. The zero-order chi connectivity index (χ0) is 16.1. The molecule has 3 rings (SSSR count). The number of carbonyl (C=O) groups excluding carboxylic acids is 1. The van der Waals surface area contributed by atoms with Crippen LogP contribution in [0.5, 0.6) is 0 Å². The molecule has 1 spiro atoms. The Morgan fingerprint density at radius 2 is 2.30 bits per heavy atom. The van der Waals surface area contributed by atoms with Crippen molar-refractivity contribution in [2.24, 2.45) is 5.92 Å². The van der Waals surface area contributed by atoms with Crippen molar-refractivity contribution in [1.82, 2.24) is 14.9 Å². The second-order valence-corrected chi connectivity index (χ2v) is 6.52. The lowest BCUT2D eigenvalue weighted by Crippen LogP contribution is -2.56. The van der Waals surface area contributed by atoms with Crippen LogP contribution in [0.15, 0.2) is 18.7 Å². The fraction of sp³-hybridized carbons (Fsp3) is 0.706. The van der Waals surface area contributed by atoms with Crippen molar-refractivity contribution in [2.75, 3.05) is 33.4 Å². The summed E-state index contributed by atoms with van der Waals surface area (Å²) in [4.78, 5) is 22.5. The van der Waals surface area contributed by atoms with E-state index >= 15 is 0 Å². The van der Waals surface area contributed by atoms with Gasteiger partial charge in [-0.25, -0.2) is 9.97 Å². The highest BCUT2D eigenvalue weighted by Gasteiger charge is 2.47. The van der Waals surface area contributed by atoms with Crippen LogP contribution in [0.4, 0.5) is 0 Å². The lowest BCUT2D eigenvalue weighted by Gasteiger charge is -2.44. The number of rotatable bonds is 5. The maximum absolute atomic E-state index is 12.6. The number of methoxy groups -OCH3 is 1. The summed E-state index contributed by atoms with van der Waals surface area (Å²) in [5, 5.41) is 0. The van der Waals surface area contributed by atoms with E-state index in [-0.39, 0.29) is 11.5 Å². The molecule has 6 nitrogen and oxygen atoms in total. The third kappa shape index (κ3) is 3.70. The van der Waals surface area contributed by atoms with Crippen LogP contribution in [-0.4, -0.2) is 59.8 Å². The summed E-state index contributed by atoms with van der Waals surface area (Å²) in [5.74, 6) is 0.588. The van der Waals surface area contributed by atoms with Crippen LogP contribution in [-0.2, 0) is 20.7 Å². The molecule has 2 aliphatic rings. The smallest absolute Gasteiger partial charge is 0.223 e. The predicted octanol–water partition coefficient (Wildman–Crippen LogP) is 1.45. The molecule has 126 valence electrons. The van der Waals surface area contributed by atoms with Crippen molar-refractivity contribution in [1.29, 1.82) is 0 Å². The van der Waals surface area contributed by atoms with Crippen molar-refractivity contribution >= 4 is 5.91 Å². The summed E-state index contributed by atoms with van der Waals surface area (Å²) in [6.45, 7) is 2.72. The van der Waals surface area contributed by atoms with Crippen molar-refractivity contribution < 1.29 is 14.3 Å². The van der Waals surface area contributed by atoms with Crippen LogP contribution in [0, 0.1) is 5.92 Å². The van der Waals surface area contributed by atoms with Gasteiger partial charge in [0.15, 0.2) is 0 Å². The minimum atomic E-state index is -0.195. The Hall–Kier alpha value is -1.53. The molecule has 2 heterocycles. The summed E-state index contributed by atoms with van der Waals surface area (Å²) in [6, 6.07) is 0. The lowest BCUT2D eigenvalue weighted by molar-refractivity contribution is -0.161. The first kappa shape index (κ1) is 16.3. The molecule has 1 aromatic heterocycles. The average molecular weight is 319 g/mol. The minimum Gasteiger partial charge on any atom is -0.384 e. The number of amides is 1. The number of hydrogen-bond acceptors (Lipinski definition) is 5. The van der Waals surface area contributed by atoms with Crippen molar-refractivity contribution in [3.63, 3.8) is 0 Å². The largest absolute Gasteiger partial charge is 0.384 e. The third-order valence-corrected chi connectivity index (χ3v) is 5.07. The van der Waals surface area contributed by atoms with Crippen LogP contribution >= 0.6 is 0 Å². The van der Waals surface area contributed by atoms with Gasteiger partial charge in [0, 0.05) is 38.4 Å². The molecule has 6 heteroatoms. The van der Waals surface area contributed by atoms with Gasteiger partial charge in [-0.05, 0) is 24.8 Å². The molecule has 0 bridgehead atoms. The first-order chi connectivity index (χ1) is 11.2. The van der Waals surface area contributed by atoms with E-state index in [4.69, 9.17) is 9.47 Å². The van der Waals surface area contributed by atoms with Gasteiger partial charge in [-0.2, -0.15) is 0 Å². The Balaban J connectivity index is 1.58. The molecule has 1 aliphatic heterocycles. The molecule has 0 aromatic carbocycles. The number of nitrogens with zero attached hydrogens (tertiary/aromatic N) is 3. The standard InChI is InChI=1S/C17H25N3O3/c1-22-11-15-3-2-6-17(15)12-20(7-8-23-17)16(21)5-4-14-9-18-13-19-10-14/h9-10,13,15H,2-8,11-12H2,1H3/t15-,17+/m0/s1. The van der Waals surface area contributed by atoms with Gasteiger partial charge in [0.1, 0.15) is 6.33 Å². The Kier molecular flexibility index (Phi) is 5.23. The number of aromatic nitrogens is 2. The summed E-state index contributed by atoms with van der Waals surface area (Å²) < 4.78 is 11.5. The molecule has 1 saturated carbocycles. The zero-order valence-corrected chi connectivity index (χ0v) is 13.7.